The van der Waals surface area contributed by atoms with Crippen molar-refractivity contribution in [2.24, 2.45) is 0 Å². The molecule has 4 rings (SSSR count). The van der Waals surface area contributed by atoms with E-state index >= 15 is 0 Å². The number of likely N-dealkylation sites (N-methyl/N-ethyl adjacent to an activating group) is 1. The van der Waals surface area contributed by atoms with Gasteiger partial charge in [0.25, 0.3) is 0 Å². The number of hydrogen-bond donors (Lipinski definition) is 1. The van der Waals surface area contributed by atoms with Crippen LogP contribution in [0.25, 0.3) is 23.1 Å². The maximum Gasteiger partial charge on any atom is 0.123 e. The van der Waals surface area contributed by atoms with Gasteiger partial charge in [-0.25, -0.2) is 9.37 Å². The molecule has 0 radical (unpaired) electrons. The van der Waals surface area contributed by atoms with Crippen molar-refractivity contribution in [1.82, 2.24) is 14.8 Å². The van der Waals surface area contributed by atoms with Crippen molar-refractivity contribution in [3.05, 3.63) is 70.6 Å². The fourth-order valence-electron chi connectivity index (χ4n) is 3.63. The highest BCUT2D eigenvalue weighted by Crippen LogP contribution is 2.27. The summed E-state index contributed by atoms with van der Waals surface area (Å²) in [6.45, 7) is 6.30. The van der Waals surface area contributed by atoms with Gasteiger partial charge < -0.3 is 10.2 Å². The first kappa shape index (κ1) is 20.8. The van der Waals surface area contributed by atoms with Crippen LogP contribution >= 0.6 is 11.6 Å². The van der Waals surface area contributed by atoms with Crippen molar-refractivity contribution in [1.29, 1.82) is 0 Å². The number of benzene rings is 2. The Bertz CT molecular complexity index is 1030. The van der Waals surface area contributed by atoms with Crippen LogP contribution in [0.1, 0.15) is 11.3 Å². The van der Waals surface area contributed by atoms with E-state index in [1.807, 2.05) is 36.4 Å². The predicted octanol–water partition coefficient (Wildman–Crippen LogP) is 4.86. The normalized spacial score (nSPS) is 15.8. The molecule has 0 amide bonds. The van der Waals surface area contributed by atoms with Gasteiger partial charge in [0.15, 0.2) is 0 Å². The van der Waals surface area contributed by atoms with Crippen molar-refractivity contribution in [2.75, 3.05) is 51.6 Å². The number of rotatable bonds is 6. The van der Waals surface area contributed by atoms with E-state index in [2.05, 4.69) is 22.2 Å². The van der Waals surface area contributed by atoms with Gasteiger partial charge in [-0.05, 0) is 55.1 Å². The van der Waals surface area contributed by atoms with Gasteiger partial charge in [-0.15, -0.1) is 0 Å². The van der Waals surface area contributed by atoms with E-state index in [0.717, 1.165) is 67.1 Å². The lowest BCUT2D eigenvalue weighted by molar-refractivity contribution is 0.158. The Labute approximate surface area is 182 Å². The summed E-state index contributed by atoms with van der Waals surface area (Å²) < 4.78 is 13.1. The molecule has 0 spiro atoms. The molecule has 30 heavy (non-hydrogen) atoms. The topological polar surface area (TPSA) is 31.4 Å². The number of halogens is 2. The number of hydrogen-bond acceptors (Lipinski definition) is 4. The Hall–Kier alpha value is -2.47. The summed E-state index contributed by atoms with van der Waals surface area (Å²) >= 11 is 6.24. The summed E-state index contributed by atoms with van der Waals surface area (Å²) in [5, 5.41) is 5.29. The fourth-order valence-corrected chi connectivity index (χ4v) is 3.80. The zero-order chi connectivity index (χ0) is 20.9. The molecule has 1 fully saturated rings. The maximum absolute atomic E-state index is 13.1. The Morgan fingerprint density at radius 2 is 1.80 bits per heavy atom. The molecule has 156 valence electrons. The number of nitrogens with zero attached hydrogens (tertiary/aromatic N) is 3. The first-order chi connectivity index (χ1) is 14.6. The molecule has 3 aromatic rings. The largest absolute Gasteiger partial charge is 0.383 e. The molecule has 2 heterocycles. The van der Waals surface area contributed by atoms with Crippen molar-refractivity contribution >= 4 is 40.3 Å². The van der Waals surface area contributed by atoms with Crippen molar-refractivity contribution in [2.45, 2.75) is 0 Å². The quantitative estimate of drug-likeness (QED) is 0.612. The van der Waals surface area contributed by atoms with Gasteiger partial charge in [0.1, 0.15) is 5.82 Å². The summed E-state index contributed by atoms with van der Waals surface area (Å²) in [5.74, 6) is -0.236. The van der Waals surface area contributed by atoms with E-state index in [0.29, 0.717) is 5.02 Å². The van der Waals surface area contributed by atoms with Gasteiger partial charge in [-0.3, -0.25) is 4.90 Å². The first-order valence-corrected chi connectivity index (χ1v) is 10.6. The molecule has 0 unspecified atom stereocenters. The molecule has 0 bridgehead atoms. The van der Waals surface area contributed by atoms with E-state index in [1.54, 1.807) is 12.1 Å². The third-order valence-corrected chi connectivity index (χ3v) is 5.68. The van der Waals surface area contributed by atoms with Crippen LogP contribution in [0.2, 0.25) is 5.02 Å². The molecule has 1 aliphatic heterocycles. The van der Waals surface area contributed by atoms with Crippen LogP contribution in [0.3, 0.4) is 0 Å². The number of piperazine rings is 1. The SMILES string of the molecule is CN1CCN(CCNc2cc(/C=C/c3ccc(F)cc3)nc3ccc(Cl)cc23)CC1. The molecule has 1 aliphatic rings. The van der Waals surface area contributed by atoms with Gasteiger partial charge in [-0.1, -0.05) is 29.8 Å². The van der Waals surface area contributed by atoms with Crippen molar-refractivity contribution in [3.63, 3.8) is 0 Å². The number of pyridine rings is 1. The van der Waals surface area contributed by atoms with E-state index in [1.165, 1.54) is 12.1 Å². The zero-order valence-electron chi connectivity index (χ0n) is 17.1. The molecule has 0 aliphatic carbocycles. The summed E-state index contributed by atoms with van der Waals surface area (Å²) in [7, 11) is 2.17. The van der Waals surface area contributed by atoms with Gasteiger partial charge in [0.2, 0.25) is 0 Å². The summed E-state index contributed by atoms with van der Waals surface area (Å²) in [4.78, 5) is 9.59. The number of nitrogens with one attached hydrogen (secondary N) is 1. The molecule has 4 nitrogen and oxygen atoms in total. The monoisotopic (exact) mass is 424 g/mol. The van der Waals surface area contributed by atoms with Crippen molar-refractivity contribution < 1.29 is 4.39 Å². The average Bonchev–Trinajstić information content (AvgIpc) is 2.75. The lowest BCUT2D eigenvalue weighted by atomic mass is 10.1. The third-order valence-electron chi connectivity index (χ3n) is 5.45. The van der Waals surface area contributed by atoms with Crippen LogP contribution in [0.15, 0.2) is 48.5 Å². The highest BCUT2D eigenvalue weighted by molar-refractivity contribution is 6.31. The third kappa shape index (κ3) is 5.36. The lowest BCUT2D eigenvalue weighted by Crippen LogP contribution is -2.45. The fraction of sp³-hybridized carbons (Fsp3) is 0.292. The predicted molar refractivity (Wildman–Crippen MR) is 125 cm³/mol. The molecular formula is C24H26ClFN4. The van der Waals surface area contributed by atoms with Gasteiger partial charge in [-0.2, -0.15) is 0 Å². The Morgan fingerprint density at radius 1 is 1.03 bits per heavy atom. The van der Waals surface area contributed by atoms with Gasteiger partial charge in [0, 0.05) is 55.4 Å². The number of aromatic nitrogens is 1. The molecule has 1 N–H and O–H groups in total. The maximum atomic E-state index is 13.1. The van der Waals surface area contributed by atoms with Crippen LogP contribution in [0.5, 0.6) is 0 Å². The molecule has 1 saturated heterocycles. The standard InChI is InChI=1S/C24H26ClFN4/c1-29-12-14-30(15-13-29)11-10-27-24-17-21(8-4-18-2-6-20(26)7-3-18)28-23-9-5-19(25)16-22(23)24/h2-9,16-17H,10-15H2,1H3,(H,27,28)/b8-4+. The highest BCUT2D eigenvalue weighted by Gasteiger charge is 2.13. The van der Waals surface area contributed by atoms with Gasteiger partial charge in [0.05, 0.1) is 11.2 Å². The second kappa shape index (κ2) is 9.56. The number of anilines is 1. The minimum Gasteiger partial charge on any atom is -0.383 e. The van der Waals surface area contributed by atoms with Crippen LogP contribution < -0.4 is 5.32 Å². The number of fused-ring (bicyclic) bond motifs is 1. The Balaban J connectivity index is 1.52. The van der Waals surface area contributed by atoms with Gasteiger partial charge >= 0.3 is 0 Å². The zero-order valence-corrected chi connectivity index (χ0v) is 17.9. The summed E-state index contributed by atoms with van der Waals surface area (Å²) in [6.07, 6.45) is 3.89. The second-order valence-electron chi connectivity index (χ2n) is 7.71. The minimum absolute atomic E-state index is 0.236. The molecule has 0 saturated carbocycles. The Morgan fingerprint density at radius 3 is 2.57 bits per heavy atom. The van der Waals surface area contributed by atoms with Crippen LogP contribution in [0, 0.1) is 5.82 Å². The van der Waals surface area contributed by atoms with Crippen LogP contribution in [0.4, 0.5) is 10.1 Å². The molecule has 6 heteroatoms. The van der Waals surface area contributed by atoms with Crippen LogP contribution in [-0.4, -0.2) is 61.1 Å². The lowest BCUT2D eigenvalue weighted by Gasteiger charge is -2.32. The van der Waals surface area contributed by atoms with E-state index in [9.17, 15) is 4.39 Å². The van der Waals surface area contributed by atoms with E-state index < -0.39 is 0 Å². The first-order valence-electron chi connectivity index (χ1n) is 10.3. The summed E-state index contributed by atoms with van der Waals surface area (Å²) in [5.41, 5.74) is 3.69. The molecule has 1 aromatic heterocycles. The average molecular weight is 425 g/mol. The smallest absolute Gasteiger partial charge is 0.123 e. The summed E-state index contributed by atoms with van der Waals surface area (Å²) in [6, 6.07) is 14.2. The highest BCUT2D eigenvalue weighted by atomic mass is 35.5. The van der Waals surface area contributed by atoms with Crippen molar-refractivity contribution in [3.8, 4) is 0 Å². The Kier molecular flexibility index (Phi) is 6.62. The van der Waals surface area contributed by atoms with E-state index in [4.69, 9.17) is 16.6 Å². The molecule has 0 atom stereocenters. The second-order valence-corrected chi connectivity index (χ2v) is 8.15. The molecular weight excluding hydrogens is 399 g/mol. The molecule has 2 aromatic carbocycles. The van der Waals surface area contributed by atoms with Crippen LogP contribution in [-0.2, 0) is 0 Å². The minimum atomic E-state index is -0.236. The van der Waals surface area contributed by atoms with E-state index in [-0.39, 0.29) is 5.82 Å².